The molecule has 0 saturated carbocycles. The van der Waals surface area contributed by atoms with Crippen LogP contribution in [-0.4, -0.2) is 37.8 Å². The van der Waals surface area contributed by atoms with Gasteiger partial charge in [-0.3, -0.25) is 0 Å². The average molecular weight is 245 g/mol. The van der Waals surface area contributed by atoms with Gasteiger partial charge < -0.3 is 10.3 Å². The summed E-state index contributed by atoms with van der Waals surface area (Å²) in [7, 11) is 0.0414. The van der Waals surface area contributed by atoms with Gasteiger partial charge in [-0.05, 0) is 27.0 Å². The van der Waals surface area contributed by atoms with Crippen LogP contribution in [-0.2, 0) is 16.6 Å². The van der Waals surface area contributed by atoms with Crippen molar-refractivity contribution in [2.45, 2.75) is 31.3 Å². The van der Waals surface area contributed by atoms with Crippen molar-refractivity contribution >= 4 is 10.0 Å². The summed E-state index contributed by atoms with van der Waals surface area (Å²) < 4.78 is 25.5. The Bertz CT molecular complexity index is 437. The van der Waals surface area contributed by atoms with Gasteiger partial charge in [0, 0.05) is 31.5 Å². The molecule has 0 aliphatic heterocycles. The van der Waals surface area contributed by atoms with Crippen molar-refractivity contribution in [3.05, 3.63) is 18.0 Å². The number of H-pyrrole nitrogens is 1. The van der Waals surface area contributed by atoms with Crippen LogP contribution in [0.5, 0.6) is 0 Å². The molecule has 1 aromatic rings. The van der Waals surface area contributed by atoms with Gasteiger partial charge in [0.15, 0.2) is 0 Å². The average Bonchev–Trinajstić information content (AvgIpc) is 2.66. The van der Waals surface area contributed by atoms with Crippen LogP contribution < -0.4 is 5.32 Å². The van der Waals surface area contributed by atoms with Gasteiger partial charge in [-0.1, -0.05) is 0 Å². The summed E-state index contributed by atoms with van der Waals surface area (Å²) in [6.45, 7) is 4.32. The quantitative estimate of drug-likeness (QED) is 0.805. The maximum Gasteiger partial charge on any atom is 0.244 e. The second-order valence-electron chi connectivity index (χ2n) is 4.01. The molecule has 0 fully saturated rings. The molecular formula is C10H19N3O2S. The Morgan fingerprint density at radius 1 is 1.50 bits per heavy atom. The molecule has 6 heteroatoms. The molecule has 0 spiro atoms. The van der Waals surface area contributed by atoms with Crippen molar-refractivity contribution in [1.82, 2.24) is 14.6 Å². The normalized spacial score (nSPS) is 12.6. The Morgan fingerprint density at radius 3 is 2.62 bits per heavy atom. The highest BCUT2D eigenvalue weighted by atomic mass is 32.2. The molecule has 0 aliphatic carbocycles. The lowest BCUT2D eigenvalue weighted by Crippen LogP contribution is -2.32. The summed E-state index contributed by atoms with van der Waals surface area (Å²) in [6, 6.07) is 1.61. The molecule has 0 atom stereocenters. The second kappa shape index (κ2) is 4.99. The monoisotopic (exact) mass is 245 g/mol. The summed E-state index contributed by atoms with van der Waals surface area (Å²) >= 11 is 0. The molecule has 0 radical (unpaired) electrons. The fraction of sp³-hybridized carbons (Fsp3) is 0.600. The van der Waals surface area contributed by atoms with E-state index >= 15 is 0 Å². The maximum atomic E-state index is 12.1. The fourth-order valence-electron chi connectivity index (χ4n) is 1.30. The van der Waals surface area contributed by atoms with Gasteiger partial charge in [-0.25, -0.2) is 8.42 Å². The van der Waals surface area contributed by atoms with E-state index in [1.54, 1.807) is 13.1 Å². The van der Waals surface area contributed by atoms with Gasteiger partial charge in [-0.2, -0.15) is 4.31 Å². The van der Waals surface area contributed by atoms with Gasteiger partial charge in [0.1, 0.15) is 0 Å². The predicted molar refractivity (Wildman–Crippen MR) is 63.6 cm³/mol. The smallest absolute Gasteiger partial charge is 0.244 e. The summed E-state index contributed by atoms with van der Waals surface area (Å²) in [5.74, 6) is 0. The molecule has 0 aliphatic rings. The Balaban J connectivity index is 2.98. The molecular weight excluding hydrogens is 226 g/mol. The third-order valence-electron chi connectivity index (χ3n) is 2.49. The Morgan fingerprint density at radius 2 is 2.12 bits per heavy atom. The van der Waals surface area contributed by atoms with Crippen molar-refractivity contribution in [3.8, 4) is 0 Å². The van der Waals surface area contributed by atoms with Crippen molar-refractivity contribution in [1.29, 1.82) is 0 Å². The molecule has 1 rings (SSSR count). The molecule has 1 heterocycles. The maximum absolute atomic E-state index is 12.1. The van der Waals surface area contributed by atoms with Crippen LogP contribution in [0, 0.1) is 0 Å². The van der Waals surface area contributed by atoms with E-state index in [1.807, 2.05) is 20.9 Å². The van der Waals surface area contributed by atoms with E-state index in [2.05, 4.69) is 10.3 Å². The number of rotatable bonds is 5. The van der Waals surface area contributed by atoms with Crippen molar-refractivity contribution in [2.24, 2.45) is 0 Å². The van der Waals surface area contributed by atoms with E-state index in [-0.39, 0.29) is 6.04 Å². The van der Waals surface area contributed by atoms with Crippen molar-refractivity contribution in [3.63, 3.8) is 0 Å². The third-order valence-corrected chi connectivity index (χ3v) is 4.50. The minimum Gasteiger partial charge on any atom is -0.363 e. The first-order chi connectivity index (χ1) is 7.39. The number of nitrogens with one attached hydrogen (secondary N) is 2. The number of aromatic nitrogens is 1. The summed E-state index contributed by atoms with van der Waals surface area (Å²) in [5, 5.41) is 2.96. The first-order valence-electron chi connectivity index (χ1n) is 5.19. The highest BCUT2D eigenvalue weighted by Crippen LogP contribution is 2.17. The Kier molecular flexibility index (Phi) is 4.12. The van der Waals surface area contributed by atoms with Gasteiger partial charge in [0.05, 0.1) is 4.90 Å². The molecule has 1 aromatic heterocycles. The Labute approximate surface area is 96.9 Å². The lowest BCUT2D eigenvalue weighted by Gasteiger charge is -2.19. The molecule has 2 N–H and O–H groups in total. The molecule has 92 valence electrons. The zero-order valence-electron chi connectivity index (χ0n) is 10.1. The largest absolute Gasteiger partial charge is 0.363 e. The van der Waals surface area contributed by atoms with Crippen molar-refractivity contribution in [2.75, 3.05) is 14.1 Å². The summed E-state index contributed by atoms with van der Waals surface area (Å²) in [4.78, 5) is 3.25. The molecule has 0 aromatic carbocycles. The zero-order chi connectivity index (χ0) is 12.3. The lowest BCUT2D eigenvalue weighted by atomic mass is 10.4. The zero-order valence-corrected chi connectivity index (χ0v) is 10.9. The SMILES string of the molecule is CNCc1cc(S(=O)(=O)N(C)C(C)C)c[nH]1. The molecule has 5 nitrogen and oxygen atoms in total. The van der Waals surface area contributed by atoms with Crippen LogP contribution in [0.2, 0.25) is 0 Å². The van der Waals surface area contributed by atoms with Crippen LogP contribution in [0.15, 0.2) is 17.2 Å². The Hall–Kier alpha value is -0.850. The van der Waals surface area contributed by atoms with E-state index in [0.29, 0.717) is 11.4 Å². The van der Waals surface area contributed by atoms with E-state index < -0.39 is 10.0 Å². The second-order valence-corrected chi connectivity index (χ2v) is 6.00. The third kappa shape index (κ3) is 2.63. The fourth-order valence-corrected chi connectivity index (χ4v) is 2.69. The predicted octanol–water partition coefficient (Wildman–Crippen LogP) is 0.763. The number of nitrogens with zero attached hydrogens (tertiary/aromatic N) is 1. The molecule has 0 amide bonds. The van der Waals surface area contributed by atoms with Gasteiger partial charge in [0.25, 0.3) is 0 Å². The van der Waals surface area contributed by atoms with Gasteiger partial charge in [-0.15, -0.1) is 0 Å². The number of sulfonamides is 1. The first kappa shape index (κ1) is 13.2. The summed E-state index contributed by atoms with van der Waals surface area (Å²) in [5.41, 5.74) is 0.859. The lowest BCUT2D eigenvalue weighted by molar-refractivity contribution is 0.410. The van der Waals surface area contributed by atoms with Gasteiger partial charge >= 0.3 is 0 Å². The van der Waals surface area contributed by atoms with Crippen LogP contribution in [0.25, 0.3) is 0 Å². The van der Waals surface area contributed by atoms with E-state index in [1.165, 1.54) is 10.5 Å². The standard InChI is InChI=1S/C10H19N3O2S/c1-8(2)13(4)16(14,15)10-5-9(6-11-3)12-7-10/h5,7-8,11-12H,6H2,1-4H3. The molecule has 0 bridgehead atoms. The van der Waals surface area contributed by atoms with Crippen LogP contribution in [0.4, 0.5) is 0 Å². The minimum atomic E-state index is -3.36. The topological polar surface area (TPSA) is 65.2 Å². The molecule has 16 heavy (non-hydrogen) atoms. The van der Waals surface area contributed by atoms with Crippen LogP contribution in [0.3, 0.4) is 0 Å². The van der Waals surface area contributed by atoms with E-state index in [9.17, 15) is 8.42 Å². The van der Waals surface area contributed by atoms with Gasteiger partial charge in [0.2, 0.25) is 10.0 Å². The van der Waals surface area contributed by atoms with Crippen LogP contribution in [0.1, 0.15) is 19.5 Å². The number of hydrogen-bond donors (Lipinski definition) is 2. The highest BCUT2D eigenvalue weighted by Gasteiger charge is 2.23. The first-order valence-corrected chi connectivity index (χ1v) is 6.63. The van der Waals surface area contributed by atoms with E-state index in [0.717, 1.165) is 5.69 Å². The molecule has 0 saturated heterocycles. The number of hydrogen-bond acceptors (Lipinski definition) is 3. The minimum absolute atomic E-state index is 0.0485. The van der Waals surface area contributed by atoms with Crippen LogP contribution >= 0.6 is 0 Å². The summed E-state index contributed by atoms with van der Waals surface area (Å²) in [6.07, 6.45) is 1.53. The molecule has 0 unspecified atom stereocenters. The highest BCUT2D eigenvalue weighted by molar-refractivity contribution is 7.89. The van der Waals surface area contributed by atoms with E-state index in [4.69, 9.17) is 0 Å². The van der Waals surface area contributed by atoms with Crippen molar-refractivity contribution < 1.29 is 8.42 Å². The number of aromatic amines is 1.